The van der Waals surface area contributed by atoms with Crippen molar-refractivity contribution in [3.8, 4) is 0 Å². The van der Waals surface area contributed by atoms with E-state index in [1.165, 1.54) is 0 Å². The van der Waals surface area contributed by atoms with Gasteiger partial charge in [-0.3, -0.25) is 9.88 Å². The second-order valence-corrected chi connectivity index (χ2v) is 5.16. The van der Waals surface area contributed by atoms with Gasteiger partial charge in [-0.1, -0.05) is 0 Å². The van der Waals surface area contributed by atoms with Crippen LogP contribution in [0.1, 0.15) is 18.1 Å². The summed E-state index contributed by atoms with van der Waals surface area (Å²) in [6.45, 7) is -0.359. The Hall–Kier alpha value is -1.52. The number of aliphatic imine (C=N–C) groups is 1. The van der Waals surface area contributed by atoms with Crippen LogP contribution in [0.4, 0.5) is 5.82 Å². The van der Waals surface area contributed by atoms with Gasteiger partial charge in [0, 0.05) is 7.05 Å². The molecule has 0 spiro atoms. The van der Waals surface area contributed by atoms with E-state index in [-0.39, 0.29) is 12.8 Å². The second-order valence-electron chi connectivity index (χ2n) is 5.16. The number of aliphatic hydroxyl groups is 3. The standard InChI is InChI=1S/C12H19N5O4/c1-13-10-7-11(16(2)4-15-10)17(5-14-7)12-9(20)8(19)6(3-18)21-12/h4-6,8-10,12-13,18-20H,3H2,1-2H3/t6-,8-,9-,10?,12+/m1/s1. The zero-order valence-electron chi connectivity index (χ0n) is 11.8. The largest absolute Gasteiger partial charge is 0.394 e. The van der Waals surface area contributed by atoms with E-state index in [4.69, 9.17) is 4.74 Å². The predicted octanol–water partition coefficient (Wildman–Crippen LogP) is -1.81. The lowest BCUT2D eigenvalue weighted by Gasteiger charge is -2.27. The van der Waals surface area contributed by atoms with Gasteiger partial charge in [-0.05, 0) is 7.05 Å². The van der Waals surface area contributed by atoms with Gasteiger partial charge in [0.15, 0.2) is 6.23 Å². The van der Waals surface area contributed by atoms with E-state index in [1.807, 2.05) is 7.05 Å². The number of ether oxygens (including phenoxy) is 1. The van der Waals surface area contributed by atoms with Crippen molar-refractivity contribution in [3.63, 3.8) is 0 Å². The summed E-state index contributed by atoms with van der Waals surface area (Å²) < 4.78 is 7.19. The molecule has 3 rings (SSSR count). The van der Waals surface area contributed by atoms with E-state index < -0.39 is 24.5 Å². The molecule has 116 valence electrons. The summed E-state index contributed by atoms with van der Waals surface area (Å²) in [6.07, 6.45) is -0.967. The number of rotatable bonds is 3. The average Bonchev–Trinajstić information content (AvgIpc) is 3.04. The number of hydrogen-bond donors (Lipinski definition) is 4. The predicted molar refractivity (Wildman–Crippen MR) is 73.9 cm³/mol. The first-order valence-corrected chi connectivity index (χ1v) is 6.71. The van der Waals surface area contributed by atoms with Crippen molar-refractivity contribution in [1.29, 1.82) is 0 Å². The number of imidazole rings is 1. The third-order valence-corrected chi connectivity index (χ3v) is 3.84. The minimum Gasteiger partial charge on any atom is -0.394 e. The van der Waals surface area contributed by atoms with Crippen LogP contribution in [0.25, 0.3) is 0 Å². The number of hydrogen-bond acceptors (Lipinski definition) is 8. The highest BCUT2D eigenvalue weighted by molar-refractivity contribution is 5.80. The topological polar surface area (TPSA) is 115 Å². The highest BCUT2D eigenvalue weighted by Crippen LogP contribution is 2.36. The molecule has 3 heterocycles. The lowest BCUT2D eigenvalue weighted by atomic mass is 10.1. The summed E-state index contributed by atoms with van der Waals surface area (Å²) >= 11 is 0. The van der Waals surface area contributed by atoms with Gasteiger partial charge in [-0.15, -0.1) is 0 Å². The quantitative estimate of drug-likeness (QED) is 0.520. The van der Waals surface area contributed by atoms with Gasteiger partial charge in [0.25, 0.3) is 0 Å². The highest BCUT2D eigenvalue weighted by atomic mass is 16.6. The van der Waals surface area contributed by atoms with Crippen LogP contribution in [-0.4, -0.2) is 70.2 Å². The minimum absolute atomic E-state index is 0.269. The molecule has 21 heavy (non-hydrogen) atoms. The lowest BCUT2D eigenvalue weighted by molar-refractivity contribution is -0.0520. The fraction of sp³-hybridized carbons (Fsp3) is 0.667. The summed E-state index contributed by atoms with van der Waals surface area (Å²) in [7, 11) is 3.59. The lowest BCUT2D eigenvalue weighted by Crippen LogP contribution is -2.34. The molecule has 2 aliphatic heterocycles. The molecular formula is C12H19N5O4. The van der Waals surface area contributed by atoms with Crippen molar-refractivity contribution in [2.45, 2.75) is 30.7 Å². The van der Waals surface area contributed by atoms with Gasteiger partial charge in [-0.2, -0.15) is 0 Å². The van der Waals surface area contributed by atoms with Crippen molar-refractivity contribution in [2.24, 2.45) is 4.99 Å². The molecule has 1 aromatic rings. The second kappa shape index (κ2) is 5.35. The molecule has 1 unspecified atom stereocenters. The van der Waals surface area contributed by atoms with Crippen molar-refractivity contribution < 1.29 is 20.1 Å². The SMILES string of the molecule is CNC1N=CN(C)c2c1ncn2[C@H]1O[C@H](CO)[C@@H](O)[C@H]1O. The molecule has 0 amide bonds. The third-order valence-electron chi connectivity index (χ3n) is 3.84. The van der Waals surface area contributed by atoms with Crippen molar-refractivity contribution in [3.05, 3.63) is 12.0 Å². The summed E-state index contributed by atoms with van der Waals surface area (Å²) in [5.74, 6) is 0.721. The summed E-state index contributed by atoms with van der Waals surface area (Å²) in [5, 5.41) is 32.2. The molecule has 0 bridgehead atoms. The average molecular weight is 297 g/mol. The van der Waals surface area contributed by atoms with E-state index in [9.17, 15) is 15.3 Å². The number of fused-ring (bicyclic) bond motifs is 1. The Kier molecular flexibility index (Phi) is 3.68. The molecule has 2 aliphatic rings. The van der Waals surface area contributed by atoms with E-state index in [0.29, 0.717) is 5.69 Å². The fourth-order valence-corrected chi connectivity index (χ4v) is 2.72. The number of nitrogens with one attached hydrogen (secondary N) is 1. The maximum Gasteiger partial charge on any atom is 0.165 e. The number of anilines is 1. The van der Waals surface area contributed by atoms with Crippen LogP contribution >= 0.6 is 0 Å². The molecule has 1 fully saturated rings. The Bertz CT molecular complexity index is 548. The first-order valence-electron chi connectivity index (χ1n) is 6.71. The molecule has 1 saturated heterocycles. The first kappa shape index (κ1) is 14.4. The molecule has 0 aliphatic carbocycles. The molecule has 0 aromatic carbocycles. The van der Waals surface area contributed by atoms with Crippen LogP contribution in [-0.2, 0) is 4.74 Å². The van der Waals surface area contributed by atoms with Gasteiger partial charge >= 0.3 is 0 Å². The van der Waals surface area contributed by atoms with Crippen molar-refractivity contribution in [2.75, 3.05) is 25.6 Å². The molecular weight excluding hydrogens is 278 g/mol. The molecule has 0 radical (unpaired) electrons. The molecule has 5 atom stereocenters. The van der Waals surface area contributed by atoms with Crippen molar-refractivity contribution in [1.82, 2.24) is 14.9 Å². The minimum atomic E-state index is -1.14. The molecule has 0 saturated carbocycles. The Morgan fingerprint density at radius 1 is 1.38 bits per heavy atom. The van der Waals surface area contributed by atoms with Crippen LogP contribution in [0.15, 0.2) is 11.3 Å². The highest BCUT2D eigenvalue weighted by Gasteiger charge is 2.45. The normalized spacial score (nSPS) is 35.3. The first-order chi connectivity index (χ1) is 10.1. The smallest absolute Gasteiger partial charge is 0.165 e. The summed E-state index contributed by atoms with van der Waals surface area (Å²) in [5.41, 5.74) is 0.709. The van der Waals surface area contributed by atoms with Crippen molar-refractivity contribution >= 4 is 12.2 Å². The fourth-order valence-electron chi connectivity index (χ4n) is 2.72. The molecule has 4 N–H and O–H groups in total. The zero-order chi connectivity index (χ0) is 15.1. The monoisotopic (exact) mass is 297 g/mol. The Morgan fingerprint density at radius 3 is 2.76 bits per heavy atom. The Morgan fingerprint density at radius 2 is 2.14 bits per heavy atom. The van der Waals surface area contributed by atoms with Crippen LogP contribution < -0.4 is 10.2 Å². The zero-order valence-corrected chi connectivity index (χ0v) is 11.8. The van der Waals surface area contributed by atoms with E-state index in [2.05, 4.69) is 15.3 Å². The van der Waals surface area contributed by atoms with E-state index in [1.54, 1.807) is 29.2 Å². The van der Waals surface area contributed by atoms with Gasteiger partial charge in [0.1, 0.15) is 36.0 Å². The molecule has 9 heteroatoms. The Balaban J connectivity index is 1.97. The van der Waals surface area contributed by atoms with Crippen LogP contribution in [0, 0.1) is 0 Å². The van der Waals surface area contributed by atoms with Gasteiger partial charge in [0.2, 0.25) is 0 Å². The van der Waals surface area contributed by atoms with E-state index >= 15 is 0 Å². The van der Waals surface area contributed by atoms with E-state index in [0.717, 1.165) is 5.82 Å². The number of nitrogens with zero attached hydrogens (tertiary/aromatic N) is 4. The maximum atomic E-state index is 10.1. The Labute approximate surface area is 121 Å². The molecule has 1 aromatic heterocycles. The summed E-state index contributed by atoms with van der Waals surface area (Å²) in [6, 6.07) is 0. The maximum absolute atomic E-state index is 10.1. The molecule has 9 nitrogen and oxygen atoms in total. The van der Waals surface area contributed by atoms with Crippen LogP contribution in [0.3, 0.4) is 0 Å². The number of aliphatic hydroxyl groups excluding tert-OH is 3. The van der Waals surface area contributed by atoms with Gasteiger partial charge < -0.3 is 25.0 Å². The van der Waals surface area contributed by atoms with Crippen LogP contribution in [0.5, 0.6) is 0 Å². The van der Waals surface area contributed by atoms with Gasteiger partial charge in [-0.25, -0.2) is 9.98 Å². The van der Waals surface area contributed by atoms with Gasteiger partial charge in [0.05, 0.1) is 19.3 Å². The van der Waals surface area contributed by atoms with Crippen LogP contribution in [0.2, 0.25) is 0 Å². The third kappa shape index (κ3) is 2.14. The summed E-state index contributed by atoms with van der Waals surface area (Å²) in [4.78, 5) is 10.4. The number of aromatic nitrogens is 2.